The van der Waals surface area contributed by atoms with Gasteiger partial charge in [-0.1, -0.05) is 11.6 Å². The Bertz CT molecular complexity index is 346. The first kappa shape index (κ1) is 12.5. The minimum Gasteiger partial charge on any atom is -0.395 e. The molecular formula is C11H17ClN4O. The van der Waals surface area contributed by atoms with Crippen LogP contribution in [0.5, 0.6) is 0 Å². The van der Waals surface area contributed by atoms with Gasteiger partial charge in [0.25, 0.3) is 0 Å². The smallest absolute Gasteiger partial charge is 0.151 e. The first-order chi connectivity index (χ1) is 8.29. The van der Waals surface area contributed by atoms with Crippen LogP contribution in [-0.2, 0) is 0 Å². The van der Waals surface area contributed by atoms with Crippen molar-refractivity contribution in [1.29, 1.82) is 0 Å². The molecule has 0 amide bonds. The first-order valence-corrected chi connectivity index (χ1v) is 6.25. The Hall–Kier alpha value is -0.910. The molecule has 0 radical (unpaired) electrons. The summed E-state index contributed by atoms with van der Waals surface area (Å²) >= 11 is 5.72. The van der Waals surface area contributed by atoms with Crippen molar-refractivity contribution in [3.05, 3.63) is 17.3 Å². The minimum atomic E-state index is 0.223. The Balaban J connectivity index is 1.96. The zero-order valence-electron chi connectivity index (χ0n) is 9.72. The minimum absolute atomic E-state index is 0.223. The molecule has 1 saturated heterocycles. The third-order valence-electron chi connectivity index (χ3n) is 2.95. The van der Waals surface area contributed by atoms with Gasteiger partial charge in [-0.3, -0.25) is 4.90 Å². The van der Waals surface area contributed by atoms with Gasteiger partial charge in [0, 0.05) is 26.2 Å². The van der Waals surface area contributed by atoms with Crippen molar-refractivity contribution in [1.82, 2.24) is 15.1 Å². The van der Waals surface area contributed by atoms with Crippen molar-refractivity contribution in [3.63, 3.8) is 0 Å². The van der Waals surface area contributed by atoms with Gasteiger partial charge in [-0.25, -0.2) is 0 Å². The monoisotopic (exact) mass is 256 g/mol. The number of β-amino-alcohol motifs (C(OH)–C–C–N with tert-alkyl or cyclic N) is 1. The summed E-state index contributed by atoms with van der Waals surface area (Å²) < 4.78 is 0. The molecule has 1 fully saturated rings. The lowest BCUT2D eigenvalue weighted by Crippen LogP contribution is -2.32. The van der Waals surface area contributed by atoms with Crippen molar-refractivity contribution in [3.8, 4) is 0 Å². The Morgan fingerprint density at radius 3 is 2.76 bits per heavy atom. The molecule has 1 N–H and O–H groups in total. The van der Waals surface area contributed by atoms with Crippen molar-refractivity contribution in [2.75, 3.05) is 44.2 Å². The maximum absolute atomic E-state index is 8.93. The second kappa shape index (κ2) is 6.14. The average molecular weight is 257 g/mol. The fourth-order valence-electron chi connectivity index (χ4n) is 2.04. The summed E-state index contributed by atoms with van der Waals surface area (Å²) in [5.41, 5.74) is 0. The summed E-state index contributed by atoms with van der Waals surface area (Å²) in [6, 6.07) is 3.66. The van der Waals surface area contributed by atoms with E-state index in [1.54, 1.807) is 6.07 Å². The molecule has 0 unspecified atom stereocenters. The molecule has 1 aromatic heterocycles. The molecule has 0 atom stereocenters. The van der Waals surface area contributed by atoms with Crippen molar-refractivity contribution >= 4 is 17.4 Å². The Kier molecular flexibility index (Phi) is 4.53. The van der Waals surface area contributed by atoms with Crippen molar-refractivity contribution in [2.24, 2.45) is 0 Å². The Morgan fingerprint density at radius 2 is 2.06 bits per heavy atom. The van der Waals surface area contributed by atoms with Crippen LogP contribution in [0.15, 0.2) is 12.1 Å². The summed E-state index contributed by atoms with van der Waals surface area (Å²) in [7, 11) is 0. The van der Waals surface area contributed by atoms with Gasteiger partial charge in [-0.15, -0.1) is 10.2 Å². The van der Waals surface area contributed by atoms with Gasteiger partial charge in [0.1, 0.15) is 0 Å². The lowest BCUT2D eigenvalue weighted by atomic mass is 10.3. The lowest BCUT2D eigenvalue weighted by molar-refractivity contribution is 0.204. The van der Waals surface area contributed by atoms with Gasteiger partial charge in [-0.2, -0.15) is 0 Å². The molecular weight excluding hydrogens is 240 g/mol. The summed E-state index contributed by atoms with van der Waals surface area (Å²) in [6.45, 7) is 4.83. The first-order valence-electron chi connectivity index (χ1n) is 5.87. The van der Waals surface area contributed by atoms with E-state index in [0.29, 0.717) is 5.15 Å². The molecule has 0 saturated carbocycles. The molecule has 1 aromatic rings. The van der Waals surface area contributed by atoms with E-state index in [1.807, 2.05) is 6.07 Å². The largest absolute Gasteiger partial charge is 0.395 e. The summed E-state index contributed by atoms with van der Waals surface area (Å²) in [5, 5.41) is 17.3. The number of rotatable bonds is 3. The number of aliphatic hydroxyl groups excluding tert-OH is 1. The van der Waals surface area contributed by atoms with Crippen LogP contribution in [0.1, 0.15) is 6.42 Å². The molecule has 17 heavy (non-hydrogen) atoms. The van der Waals surface area contributed by atoms with E-state index < -0.39 is 0 Å². The fraction of sp³-hybridized carbons (Fsp3) is 0.636. The number of aromatic nitrogens is 2. The molecule has 6 heteroatoms. The molecule has 2 heterocycles. The standard InChI is InChI=1S/C11H17ClN4O/c12-10-2-3-11(14-13-10)16-5-1-4-15(6-7-16)8-9-17/h2-3,17H,1,4-9H2. The van der Waals surface area contributed by atoms with E-state index in [2.05, 4.69) is 20.0 Å². The maximum Gasteiger partial charge on any atom is 0.151 e. The predicted molar refractivity (Wildman–Crippen MR) is 67.4 cm³/mol. The van der Waals surface area contributed by atoms with Crippen LogP contribution in [0.3, 0.4) is 0 Å². The maximum atomic E-state index is 8.93. The molecule has 0 spiro atoms. The number of hydrogen-bond acceptors (Lipinski definition) is 5. The van der Waals surface area contributed by atoms with E-state index in [0.717, 1.165) is 45.0 Å². The van der Waals surface area contributed by atoms with E-state index in [-0.39, 0.29) is 6.61 Å². The molecule has 1 aliphatic rings. The lowest BCUT2D eigenvalue weighted by Gasteiger charge is -2.21. The van der Waals surface area contributed by atoms with E-state index in [1.165, 1.54) is 0 Å². The second-order valence-corrected chi connectivity index (χ2v) is 4.51. The summed E-state index contributed by atoms with van der Waals surface area (Å²) in [6.07, 6.45) is 1.07. The third-order valence-corrected chi connectivity index (χ3v) is 3.15. The van der Waals surface area contributed by atoms with Gasteiger partial charge < -0.3 is 10.0 Å². The van der Waals surface area contributed by atoms with Crippen LogP contribution in [0.2, 0.25) is 5.15 Å². The number of aliphatic hydroxyl groups is 1. The zero-order valence-corrected chi connectivity index (χ0v) is 10.5. The quantitative estimate of drug-likeness (QED) is 0.860. The summed E-state index contributed by atoms with van der Waals surface area (Å²) in [4.78, 5) is 4.48. The van der Waals surface area contributed by atoms with Crippen molar-refractivity contribution in [2.45, 2.75) is 6.42 Å². The number of nitrogens with zero attached hydrogens (tertiary/aromatic N) is 4. The van der Waals surface area contributed by atoms with Crippen molar-refractivity contribution < 1.29 is 5.11 Å². The highest BCUT2D eigenvalue weighted by Gasteiger charge is 2.15. The van der Waals surface area contributed by atoms with Crippen LogP contribution in [0.4, 0.5) is 5.82 Å². The van der Waals surface area contributed by atoms with Crippen LogP contribution in [0, 0.1) is 0 Å². The normalized spacial score (nSPS) is 18.1. The van der Waals surface area contributed by atoms with Crippen LogP contribution in [0.25, 0.3) is 0 Å². The topological polar surface area (TPSA) is 52.5 Å². The highest BCUT2D eigenvalue weighted by atomic mass is 35.5. The van der Waals surface area contributed by atoms with E-state index >= 15 is 0 Å². The van der Waals surface area contributed by atoms with Gasteiger partial charge >= 0.3 is 0 Å². The number of hydrogen-bond donors (Lipinski definition) is 1. The summed E-state index contributed by atoms with van der Waals surface area (Å²) in [5.74, 6) is 0.875. The average Bonchev–Trinajstić information content (AvgIpc) is 2.56. The molecule has 0 bridgehead atoms. The van der Waals surface area contributed by atoms with Gasteiger partial charge in [0.15, 0.2) is 11.0 Å². The highest BCUT2D eigenvalue weighted by Crippen LogP contribution is 2.14. The molecule has 94 valence electrons. The van der Waals surface area contributed by atoms with Crippen LogP contribution >= 0.6 is 11.6 Å². The molecule has 5 nitrogen and oxygen atoms in total. The Labute approximate surface area is 106 Å². The SMILES string of the molecule is OCCN1CCCN(c2ccc(Cl)nn2)CC1. The predicted octanol–water partition coefficient (Wildman–Crippen LogP) is 0.634. The van der Waals surface area contributed by atoms with E-state index in [9.17, 15) is 0 Å². The van der Waals surface area contributed by atoms with Gasteiger partial charge in [-0.05, 0) is 25.1 Å². The molecule has 2 rings (SSSR count). The zero-order chi connectivity index (χ0) is 12.1. The van der Waals surface area contributed by atoms with Crippen LogP contribution in [-0.4, -0.2) is 59.5 Å². The molecule has 0 aliphatic carbocycles. The van der Waals surface area contributed by atoms with Gasteiger partial charge in [0.05, 0.1) is 6.61 Å². The third kappa shape index (κ3) is 3.52. The molecule has 1 aliphatic heterocycles. The highest BCUT2D eigenvalue weighted by molar-refractivity contribution is 6.29. The number of anilines is 1. The Morgan fingerprint density at radius 1 is 1.18 bits per heavy atom. The fourth-order valence-corrected chi connectivity index (χ4v) is 2.14. The van der Waals surface area contributed by atoms with Crippen LogP contribution < -0.4 is 4.90 Å². The van der Waals surface area contributed by atoms with Gasteiger partial charge in [0.2, 0.25) is 0 Å². The second-order valence-electron chi connectivity index (χ2n) is 4.12. The molecule has 0 aromatic carbocycles. The number of halogens is 1. The van der Waals surface area contributed by atoms with E-state index in [4.69, 9.17) is 16.7 Å².